The Kier molecular flexibility index (Phi) is 5.78. The van der Waals surface area contributed by atoms with Crippen molar-refractivity contribution in [3.63, 3.8) is 0 Å². The molecule has 0 radical (unpaired) electrons. The number of hydrogen-bond acceptors (Lipinski definition) is 6. The fourth-order valence-electron chi connectivity index (χ4n) is 5.00. The average Bonchev–Trinajstić information content (AvgIpc) is 2.83. The molecule has 0 unspecified atom stereocenters. The third-order valence-electron chi connectivity index (χ3n) is 6.88. The molecule has 0 saturated carbocycles. The molecule has 2 aromatic rings. The van der Waals surface area contributed by atoms with Gasteiger partial charge in [-0.3, -0.25) is 9.69 Å². The first kappa shape index (κ1) is 20.3. The van der Waals surface area contributed by atoms with Gasteiger partial charge in [-0.2, -0.15) is 0 Å². The number of rotatable bonds is 5. The largest absolute Gasteiger partial charge is 0.456 e. The van der Waals surface area contributed by atoms with Crippen LogP contribution in [0.1, 0.15) is 30.1 Å². The van der Waals surface area contributed by atoms with Gasteiger partial charge in [0.1, 0.15) is 17.3 Å². The van der Waals surface area contributed by atoms with Crippen molar-refractivity contribution in [3.05, 3.63) is 48.2 Å². The third kappa shape index (κ3) is 4.38. The summed E-state index contributed by atoms with van der Waals surface area (Å²) in [5.41, 5.74) is 0.664. The minimum atomic E-state index is -0.00585. The maximum Gasteiger partial charge on any atom is 0.251 e. The number of amides is 1. The molecule has 164 valence electrons. The lowest BCUT2D eigenvalue weighted by molar-refractivity contribution is 0.0217. The van der Waals surface area contributed by atoms with Crippen LogP contribution in [0.25, 0.3) is 0 Å². The molecule has 7 nitrogen and oxygen atoms in total. The van der Waals surface area contributed by atoms with Crippen molar-refractivity contribution >= 4 is 11.7 Å². The van der Waals surface area contributed by atoms with E-state index in [2.05, 4.69) is 27.0 Å². The van der Waals surface area contributed by atoms with E-state index in [0.717, 1.165) is 45.2 Å². The number of aromatic nitrogens is 1. The summed E-state index contributed by atoms with van der Waals surface area (Å²) >= 11 is 0. The zero-order valence-electron chi connectivity index (χ0n) is 18.0. The van der Waals surface area contributed by atoms with Crippen LogP contribution in [0.2, 0.25) is 0 Å². The van der Waals surface area contributed by atoms with Crippen LogP contribution >= 0.6 is 0 Å². The van der Waals surface area contributed by atoms with Gasteiger partial charge in [-0.15, -0.1) is 0 Å². The number of nitrogens with one attached hydrogen (secondary N) is 1. The van der Waals surface area contributed by atoms with Crippen LogP contribution in [-0.2, 0) is 4.74 Å². The van der Waals surface area contributed by atoms with E-state index >= 15 is 0 Å². The van der Waals surface area contributed by atoms with Gasteiger partial charge < -0.3 is 19.7 Å². The van der Waals surface area contributed by atoms with Gasteiger partial charge in [0.25, 0.3) is 5.91 Å². The molecule has 2 bridgehead atoms. The normalized spacial score (nSPS) is 27.7. The predicted molar refractivity (Wildman–Crippen MR) is 119 cm³/mol. The summed E-state index contributed by atoms with van der Waals surface area (Å²) in [6.45, 7) is 7.73. The molecule has 31 heavy (non-hydrogen) atoms. The van der Waals surface area contributed by atoms with Crippen LogP contribution in [0.15, 0.2) is 42.6 Å². The molecule has 4 fully saturated rings. The van der Waals surface area contributed by atoms with Crippen LogP contribution in [0.3, 0.4) is 0 Å². The molecule has 1 amide bonds. The Morgan fingerprint density at radius 2 is 1.74 bits per heavy atom. The monoisotopic (exact) mass is 422 g/mol. The molecule has 4 aliphatic rings. The molecule has 7 heteroatoms. The highest BCUT2D eigenvalue weighted by atomic mass is 16.5. The highest BCUT2D eigenvalue weighted by Gasteiger charge is 2.40. The van der Waals surface area contributed by atoms with Crippen LogP contribution in [0.5, 0.6) is 11.5 Å². The van der Waals surface area contributed by atoms with Gasteiger partial charge in [0, 0.05) is 30.7 Å². The van der Waals surface area contributed by atoms with Crippen molar-refractivity contribution in [1.82, 2.24) is 15.2 Å². The average molecular weight is 423 g/mol. The number of ether oxygens (including phenoxy) is 2. The Bertz CT molecular complexity index is 886. The number of anilines is 1. The molecule has 2 atom stereocenters. The van der Waals surface area contributed by atoms with Crippen LogP contribution < -0.4 is 15.0 Å². The zero-order valence-corrected chi connectivity index (χ0v) is 18.0. The lowest BCUT2D eigenvalue weighted by Gasteiger charge is -2.49. The minimum absolute atomic E-state index is 0.00585. The van der Waals surface area contributed by atoms with E-state index in [0.29, 0.717) is 29.0 Å². The van der Waals surface area contributed by atoms with E-state index in [-0.39, 0.29) is 11.9 Å². The third-order valence-corrected chi connectivity index (χ3v) is 6.88. The summed E-state index contributed by atoms with van der Waals surface area (Å²) < 4.78 is 11.3. The van der Waals surface area contributed by atoms with E-state index < -0.39 is 0 Å². The summed E-state index contributed by atoms with van der Waals surface area (Å²) in [7, 11) is 0. The summed E-state index contributed by atoms with van der Waals surface area (Å²) in [6, 6.07) is 11.9. The minimum Gasteiger partial charge on any atom is -0.456 e. The molecule has 1 aromatic heterocycles. The number of morpholine rings is 1. The van der Waals surface area contributed by atoms with Crippen LogP contribution in [0, 0.1) is 5.92 Å². The predicted octanol–water partition coefficient (Wildman–Crippen LogP) is 2.92. The fourth-order valence-corrected chi connectivity index (χ4v) is 5.00. The first-order valence-corrected chi connectivity index (χ1v) is 11.3. The maximum atomic E-state index is 12.8. The first-order chi connectivity index (χ1) is 15.2. The Hall–Kier alpha value is -2.64. The van der Waals surface area contributed by atoms with Crippen molar-refractivity contribution in [3.8, 4) is 11.5 Å². The van der Waals surface area contributed by atoms with Crippen molar-refractivity contribution in [2.24, 2.45) is 5.92 Å². The van der Waals surface area contributed by atoms with Crippen molar-refractivity contribution < 1.29 is 14.3 Å². The lowest BCUT2D eigenvalue weighted by atomic mass is 9.79. The highest BCUT2D eigenvalue weighted by molar-refractivity contribution is 5.94. The Morgan fingerprint density at radius 3 is 2.39 bits per heavy atom. The van der Waals surface area contributed by atoms with Gasteiger partial charge in [0.2, 0.25) is 0 Å². The molecule has 1 N–H and O–H groups in total. The summed E-state index contributed by atoms with van der Waals surface area (Å²) in [5.74, 6) is 2.89. The van der Waals surface area contributed by atoms with Gasteiger partial charge in [0.15, 0.2) is 0 Å². The number of hydrogen-bond donors (Lipinski definition) is 1. The molecule has 6 rings (SSSR count). The molecule has 0 aliphatic carbocycles. The zero-order chi connectivity index (χ0) is 21.2. The van der Waals surface area contributed by atoms with Crippen LogP contribution in [-0.4, -0.2) is 67.3 Å². The number of piperidine rings is 3. The Morgan fingerprint density at radius 1 is 1.03 bits per heavy atom. The highest BCUT2D eigenvalue weighted by Crippen LogP contribution is 2.32. The molecule has 5 heterocycles. The van der Waals surface area contributed by atoms with Crippen LogP contribution in [0.4, 0.5) is 5.82 Å². The van der Waals surface area contributed by atoms with Gasteiger partial charge in [-0.1, -0.05) is 0 Å². The summed E-state index contributed by atoms with van der Waals surface area (Å²) in [4.78, 5) is 22.0. The smallest absolute Gasteiger partial charge is 0.251 e. The number of carbonyl (C=O) groups excluding carboxylic acids is 1. The van der Waals surface area contributed by atoms with Gasteiger partial charge >= 0.3 is 0 Å². The second-order valence-corrected chi connectivity index (χ2v) is 8.69. The quantitative estimate of drug-likeness (QED) is 0.799. The van der Waals surface area contributed by atoms with E-state index in [1.165, 1.54) is 12.8 Å². The topological polar surface area (TPSA) is 66.9 Å². The Labute approximate surface area is 183 Å². The molecular weight excluding hydrogens is 392 g/mol. The maximum absolute atomic E-state index is 12.8. The molecule has 1 aromatic carbocycles. The van der Waals surface area contributed by atoms with Crippen molar-refractivity contribution in [2.75, 3.05) is 44.3 Å². The number of nitrogens with zero attached hydrogens (tertiary/aromatic N) is 3. The second-order valence-electron chi connectivity index (χ2n) is 8.69. The van der Waals surface area contributed by atoms with Gasteiger partial charge in [-0.25, -0.2) is 4.98 Å². The number of carbonyl (C=O) groups is 1. The summed E-state index contributed by atoms with van der Waals surface area (Å²) in [6.07, 6.45) is 4.10. The van der Waals surface area contributed by atoms with E-state index in [9.17, 15) is 4.79 Å². The van der Waals surface area contributed by atoms with E-state index in [1.54, 1.807) is 6.20 Å². The number of benzene rings is 1. The lowest BCUT2D eigenvalue weighted by Crippen LogP contribution is -2.62. The SMILES string of the molecule is C[C@@H]1[C@H](NC(=O)c2ccc(Oc3ccc(N4CCOCC4)nc3)cc2)C2CCN1CC2. The molecule has 4 saturated heterocycles. The second kappa shape index (κ2) is 8.85. The van der Waals surface area contributed by atoms with E-state index in [4.69, 9.17) is 9.47 Å². The Balaban J connectivity index is 1.18. The standard InChI is InChI=1S/C24H30N4O3/c1-17-23(18-8-10-27(17)11-9-18)26-24(29)19-2-4-20(5-3-19)31-21-6-7-22(25-16-21)28-12-14-30-15-13-28/h2-7,16-18,23H,8-15H2,1H3,(H,26,29)/t17-,23+/m1/s1. The molecular formula is C24H30N4O3. The van der Waals surface area contributed by atoms with Gasteiger partial charge in [-0.05, 0) is 75.2 Å². The van der Waals surface area contributed by atoms with Crippen molar-refractivity contribution in [2.45, 2.75) is 31.8 Å². The summed E-state index contributed by atoms with van der Waals surface area (Å²) in [5, 5.41) is 3.28. The van der Waals surface area contributed by atoms with Gasteiger partial charge in [0.05, 0.1) is 19.4 Å². The van der Waals surface area contributed by atoms with E-state index in [1.807, 2.05) is 36.4 Å². The number of pyridine rings is 1. The molecule has 4 aliphatic heterocycles. The number of fused-ring (bicyclic) bond motifs is 3. The van der Waals surface area contributed by atoms with Crippen molar-refractivity contribution in [1.29, 1.82) is 0 Å². The first-order valence-electron chi connectivity index (χ1n) is 11.3. The fraction of sp³-hybridized carbons (Fsp3) is 0.500. The molecule has 0 spiro atoms.